The van der Waals surface area contributed by atoms with Gasteiger partial charge in [-0.15, -0.1) is 5.10 Å². The Morgan fingerprint density at radius 3 is 2.54 bits per heavy atom. The van der Waals surface area contributed by atoms with Crippen LogP contribution in [0.15, 0.2) is 18.3 Å². The lowest BCUT2D eigenvalue weighted by molar-refractivity contribution is -0.135. The zero-order chi connectivity index (χ0) is 25.7. The van der Waals surface area contributed by atoms with Gasteiger partial charge in [-0.25, -0.2) is 4.98 Å². The van der Waals surface area contributed by atoms with E-state index < -0.39 is 0 Å². The molecule has 2 N–H and O–H groups in total. The van der Waals surface area contributed by atoms with Crippen LogP contribution in [0, 0.1) is 28.1 Å². The van der Waals surface area contributed by atoms with E-state index in [0.717, 1.165) is 44.3 Å². The molecule has 0 radical (unpaired) electrons. The number of nitriles is 2. The number of fused-ring (bicyclic) bond motifs is 1. The van der Waals surface area contributed by atoms with Gasteiger partial charge < -0.3 is 20.4 Å². The molecule has 37 heavy (non-hydrogen) atoms. The van der Waals surface area contributed by atoms with Gasteiger partial charge in [0.25, 0.3) is 0 Å². The first-order valence-corrected chi connectivity index (χ1v) is 12.7. The van der Waals surface area contributed by atoms with E-state index in [1.54, 1.807) is 12.1 Å². The van der Waals surface area contributed by atoms with Crippen LogP contribution in [0.5, 0.6) is 0 Å². The largest absolute Gasteiger partial charge is 0.370 e. The molecule has 12 heteroatoms. The number of imidazole rings is 1. The van der Waals surface area contributed by atoms with Gasteiger partial charge in [-0.3, -0.25) is 4.79 Å². The van der Waals surface area contributed by atoms with E-state index in [1.807, 2.05) is 11.9 Å². The Morgan fingerprint density at radius 2 is 1.89 bits per heavy atom. The molecule has 1 aliphatic carbocycles. The molecule has 3 fully saturated rings. The Hall–Kier alpha value is -4.09. The van der Waals surface area contributed by atoms with Crippen molar-refractivity contribution in [3.8, 4) is 12.1 Å². The number of hydrogen-bond acceptors (Lipinski definition) is 9. The van der Waals surface area contributed by atoms with Gasteiger partial charge in [-0.05, 0) is 44.2 Å². The second kappa shape index (κ2) is 8.79. The van der Waals surface area contributed by atoms with Gasteiger partial charge in [0.2, 0.25) is 11.9 Å². The SMILES string of the molecule is CN1CCC2(CCN(c3cc(C#N)cc(Nc4nc(NC5CC5)c5ncc(C#N)n5n4)c3Cl)CC2)C1=O. The molecule has 1 aromatic carbocycles. The number of carbonyl (C=O) groups excluding carboxylic acids is 1. The highest BCUT2D eigenvalue weighted by Crippen LogP contribution is 2.44. The Balaban J connectivity index is 1.32. The summed E-state index contributed by atoms with van der Waals surface area (Å²) in [6, 6.07) is 8.07. The van der Waals surface area contributed by atoms with Gasteiger partial charge in [0, 0.05) is 32.7 Å². The number of nitrogens with one attached hydrogen (secondary N) is 2. The van der Waals surface area contributed by atoms with Gasteiger partial charge in [0.05, 0.1) is 39.6 Å². The first-order valence-electron chi connectivity index (χ1n) is 12.3. The molecular formula is C25H25ClN10O. The molecule has 0 bridgehead atoms. The molecule has 0 atom stereocenters. The molecule has 4 heterocycles. The van der Waals surface area contributed by atoms with Gasteiger partial charge in [-0.1, -0.05) is 11.6 Å². The molecule has 2 saturated heterocycles. The highest BCUT2D eigenvalue weighted by molar-refractivity contribution is 6.36. The minimum Gasteiger partial charge on any atom is -0.370 e. The van der Waals surface area contributed by atoms with Crippen molar-refractivity contribution in [3.63, 3.8) is 0 Å². The molecule has 0 unspecified atom stereocenters. The summed E-state index contributed by atoms with van der Waals surface area (Å²) in [4.78, 5) is 25.6. The number of rotatable bonds is 5. The van der Waals surface area contributed by atoms with Crippen molar-refractivity contribution in [2.45, 2.75) is 38.1 Å². The maximum absolute atomic E-state index is 12.8. The molecule has 2 aliphatic heterocycles. The maximum Gasteiger partial charge on any atom is 0.247 e. The van der Waals surface area contributed by atoms with Gasteiger partial charge in [0.1, 0.15) is 6.07 Å². The average Bonchev–Trinajstić information content (AvgIpc) is 3.57. The van der Waals surface area contributed by atoms with Crippen molar-refractivity contribution in [1.29, 1.82) is 10.5 Å². The molecule has 1 spiro atoms. The number of hydrogen-bond donors (Lipinski definition) is 2. The first-order chi connectivity index (χ1) is 17.9. The van der Waals surface area contributed by atoms with E-state index in [4.69, 9.17) is 11.6 Å². The molecule has 3 aliphatic rings. The molecule has 2 aromatic heterocycles. The number of aromatic nitrogens is 4. The summed E-state index contributed by atoms with van der Waals surface area (Å²) in [7, 11) is 1.86. The fraction of sp³-hybridized carbons (Fsp3) is 0.440. The van der Waals surface area contributed by atoms with Gasteiger partial charge in [-0.2, -0.15) is 20.0 Å². The Kier molecular flexibility index (Phi) is 5.54. The monoisotopic (exact) mass is 516 g/mol. The summed E-state index contributed by atoms with van der Waals surface area (Å²) in [6.45, 7) is 2.14. The van der Waals surface area contributed by atoms with E-state index >= 15 is 0 Å². The van der Waals surface area contributed by atoms with E-state index in [2.05, 4.69) is 42.7 Å². The van der Waals surface area contributed by atoms with E-state index in [1.165, 1.54) is 10.7 Å². The van der Waals surface area contributed by atoms with Crippen molar-refractivity contribution in [1.82, 2.24) is 24.5 Å². The quantitative estimate of drug-likeness (QED) is 0.523. The lowest BCUT2D eigenvalue weighted by Gasteiger charge is -2.39. The summed E-state index contributed by atoms with van der Waals surface area (Å²) < 4.78 is 1.45. The Morgan fingerprint density at radius 1 is 1.14 bits per heavy atom. The minimum atomic E-state index is -0.289. The summed E-state index contributed by atoms with van der Waals surface area (Å²) in [6.07, 6.45) is 5.93. The highest BCUT2D eigenvalue weighted by Gasteiger charge is 2.47. The van der Waals surface area contributed by atoms with Crippen LogP contribution in [0.4, 0.5) is 23.1 Å². The van der Waals surface area contributed by atoms with Crippen LogP contribution in [-0.2, 0) is 4.79 Å². The minimum absolute atomic E-state index is 0.227. The summed E-state index contributed by atoms with van der Waals surface area (Å²) >= 11 is 6.88. The topological polar surface area (TPSA) is 138 Å². The van der Waals surface area contributed by atoms with Crippen molar-refractivity contribution in [2.75, 3.05) is 42.2 Å². The third-order valence-electron chi connectivity index (χ3n) is 7.61. The second-order valence-corrected chi connectivity index (χ2v) is 10.4. The smallest absolute Gasteiger partial charge is 0.247 e. The van der Waals surface area contributed by atoms with Gasteiger partial charge >= 0.3 is 0 Å². The molecule has 1 saturated carbocycles. The van der Waals surface area contributed by atoms with Crippen LogP contribution >= 0.6 is 11.6 Å². The first kappa shape index (κ1) is 23.3. The van der Waals surface area contributed by atoms with E-state index in [9.17, 15) is 15.3 Å². The predicted molar refractivity (Wildman–Crippen MR) is 138 cm³/mol. The number of anilines is 4. The average molecular weight is 517 g/mol. The van der Waals surface area contributed by atoms with E-state index in [-0.39, 0.29) is 23.0 Å². The number of halogens is 1. The number of piperidine rings is 1. The molecule has 3 aromatic rings. The molecule has 11 nitrogen and oxygen atoms in total. The summed E-state index contributed by atoms with van der Waals surface area (Å²) in [5.41, 5.74) is 2.13. The number of carbonyl (C=O) groups is 1. The molecular weight excluding hydrogens is 492 g/mol. The number of likely N-dealkylation sites (tertiary alicyclic amines) is 1. The number of nitrogens with zero attached hydrogens (tertiary/aromatic N) is 8. The van der Waals surface area contributed by atoms with Crippen LogP contribution in [-0.4, -0.2) is 63.1 Å². The third kappa shape index (κ3) is 4.05. The van der Waals surface area contributed by atoms with Crippen LogP contribution in [0.1, 0.15) is 43.4 Å². The Bertz CT molecular complexity index is 1490. The zero-order valence-electron chi connectivity index (χ0n) is 20.3. The van der Waals surface area contributed by atoms with Crippen LogP contribution < -0.4 is 15.5 Å². The number of benzene rings is 1. The Labute approximate surface area is 218 Å². The van der Waals surface area contributed by atoms with Crippen molar-refractivity contribution in [2.24, 2.45) is 5.41 Å². The van der Waals surface area contributed by atoms with Crippen molar-refractivity contribution < 1.29 is 4.79 Å². The lowest BCUT2D eigenvalue weighted by atomic mass is 9.77. The lowest BCUT2D eigenvalue weighted by Crippen LogP contribution is -2.44. The van der Waals surface area contributed by atoms with Gasteiger partial charge in [0.15, 0.2) is 17.2 Å². The maximum atomic E-state index is 12.8. The molecule has 1 amide bonds. The normalized spacial score (nSPS) is 18.8. The zero-order valence-corrected chi connectivity index (χ0v) is 21.1. The number of amides is 1. The van der Waals surface area contributed by atoms with Crippen LogP contribution in [0.25, 0.3) is 5.65 Å². The predicted octanol–water partition coefficient (Wildman–Crippen LogP) is 3.29. The fourth-order valence-corrected chi connectivity index (χ4v) is 5.55. The van der Waals surface area contributed by atoms with E-state index in [0.29, 0.717) is 46.9 Å². The second-order valence-electron chi connectivity index (χ2n) is 10.0. The molecule has 188 valence electrons. The van der Waals surface area contributed by atoms with Crippen molar-refractivity contribution in [3.05, 3.63) is 34.6 Å². The summed E-state index contributed by atoms with van der Waals surface area (Å²) in [5, 5.41) is 30.6. The van der Waals surface area contributed by atoms with Crippen LogP contribution in [0.2, 0.25) is 5.02 Å². The molecule has 6 rings (SSSR count). The van der Waals surface area contributed by atoms with Crippen molar-refractivity contribution >= 4 is 46.3 Å². The van der Waals surface area contributed by atoms with Crippen LogP contribution in [0.3, 0.4) is 0 Å². The third-order valence-corrected chi connectivity index (χ3v) is 8.01. The highest BCUT2D eigenvalue weighted by atomic mass is 35.5. The standard InChI is InChI=1S/C25H25ClN10O/c1-34-7-4-25(23(34)37)5-8-35(9-6-25)19-11-15(12-27)10-18(20(19)26)31-24-32-21(30-16-2-3-16)22-29-14-17(13-28)36(22)33-24/h10-11,14,16H,2-9H2,1H3,(H2,30,31,32,33). The summed E-state index contributed by atoms with van der Waals surface area (Å²) in [5.74, 6) is 0.984. The fourth-order valence-electron chi connectivity index (χ4n) is 5.28.